The SMILES string of the molecule is CCCn1c(C2CCCCC2CN)nc2cccnc21. The Bertz CT molecular complexity index is 575. The summed E-state index contributed by atoms with van der Waals surface area (Å²) in [6.07, 6.45) is 8.03. The van der Waals surface area contributed by atoms with E-state index in [2.05, 4.69) is 22.5 Å². The lowest BCUT2D eigenvalue weighted by Crippen LogP contribution is -2.27. The Morgan fingerprint density at radius 3 is 3.00 bits per heavy atom. The van der Waals surface area contributed by atoms with Crippen molar-refractivity contribution in [2.24, 2.45) is 11.7 Å². The first-order valence-corrected chi connectivity index (χ1v) is 7.86. The molecule has 2 unspecified atom stereocenters. The summed E-state index contributed by atoms with van der Waals surface area (Å²) in [5, 5.41) is 0. The van der Waals surface area contributed by atoms with Gasteiger partial charge in [0.2, 0.25) is 0 Å². The van der Waals surface area contributed by atoms with E-state index in [0.717, 1.165) is 30.7 Å². The van der Waals surface area contributed by atoms with Crippen LogP contribution in [0.2, 0.25) is 0 Å². The average molecular weight is 272 g/mol. The summed E-state index contributed by atoms with van der Waals surface area (Å²) in [6, 6.07) is 4.04. The maximum absolute atomic E-state index is 6.00. The third-order valence-electron chi connectivity index (χ3n) is 4.52. The van der Waals surface area contributed by atoms with Gasteiger partial charge in [-0.1, -0.05) is 19.8 Å². The number of imidazole rings is 1. The average Bonchev–Trinajstić information content (AvgIpc) is 2.86. The molecular formula is C16H24N4. The molecule has 0 bridgehead atoms. The van der Waals surface area contributed by atoms with Crippen LogP contribution in [-0.2, 0) is 6.54 Å². The van der Waals surface area contributed by atoms with Crippen molar-refractivity contribution in [1.29, 1.82) is 0 Å². The van der Waals surface area contributed by atoms with E-state index in [1.54, 1.807) is 0 Å². The van der Waals surface area contributed by atoms with Gasteiger partial charge in [-0.3, -0.25) is 0 Å². The molecule has 3 rings (SSSR count). The molecule has 4 nitrogen and oxygen atoms in total. The quantitative estimate of drug-likeness (QED) is 0.930. The number of pyridine rings is 1. The molecule has 2 atom stereocenters. The van der Waals surface area contributed by atoms with E-state index < -0.39 is 0 Å². The molecule has 0 amide bonds. The van der Waals surface area contributed by atoms with Gasteiger partial charge in [0.1, 0.15) is 11.3 Å². The topological polar surface area (TPSA) is 56.7 Å². The Hall–Kier alpha value is -1.42. The second-order valence-corrected chi connectivity index (χ2v) is 5.85. The molecule has 2 aromatic rings. The second kappa shape index (κ2) is 5.92. The maximum Gasteiger partial charge on any atom is 0.159 e. The summed E-state index contributed by atoms with van der Waals surface area (Å²) < 4.78 is 2.33. The zero-order valence-corrected chi connectivity index (χ0v) is 12.3. The standard InChI is InChI=1S/C16H24N4/c1-2-10-20-15(13-7-4-3-6-12(13)11-17)19-14-8-5-9-18-16(14)20/h5,8-9,12-13H,2-4,6-7,10-11,17H2,1H3. The van der Waals surface area contributed by atoms with E-state index in [1.165, 1.54) is 31.5 Å². The van der Waals surface area contributed by atoms with E-state index >= 15 is 0 Å². The van der Waals surface area contributed by atoms with Crippen molar-refractivity contribution in [3.63, 3.8) is 0 Å². The van der Waals surface area contributed by atoms with Crippen molar-refractivity contribution in [2.75, 3.05) is 6.54 Å². The number of nitrogens with two attached hydrogens (primary N) is 1. The highest BCUT2D eigenvalue weighted by molar-refractivity contribution is 5.71. The van der Waals surface area contributed by atoms with Crippen LogP contribution < -0.4 is 5.73 Å². The highest BCUT2D eigenvalue weighted by atomic mass is 15.1. The second-order valence-electron chi connectivity index (χ2n) is 5.85. The van der Waals surface area contributed by atoms with Crippen LogP contribution in [0.1, 0.15) is 50.8 Å². The van der Waals surface area contributed by atoms with Crippen LogP contribution in [0.15, 0.2) is 18.3 Å². The molecule has 0 spiro atoms. The van der Waals surface area contributed by atoms with Crippen LogP contribution in [0.4, 0.5) is 0 Å². The smallest absolute Gasteiger partial charge is 0.159 e. The van der Waals surface area contributed by atoms with Crippen LogP contribution in [0, 0.1) is 5.92 Å². The molecule has 4 heteroatoms. The predicted molar refractivity (Wildman–Crippen MR) is 81.6 cm³/mol. The largest absolute Gasteiger partial charge is 0.330 e. The van der Waals surface area contributed by atoms with E-state index in [1.807, 2.05) is 12.3 Å². The van der Waals surface area contributed by atoms with Crippen molar-refractivity contribution in [1.82, 2.24) is 14.5 Å². The van der Waals surface area contributed by atoms with Crippen molar-refractivity contribution < 1.29 is 0 Å². The molecule has 1 aliphatic carbocycles. The van der Waals surface area contributed by atoms with Gasteiger partial charge in [-0.15, -0.1) is 0 Å². The van der Waals surface area contributed by atoms with E-state index in [0.29, 0.717) is 11.8 Å². The predicted octanol–water partition coefficient (Wildman–Crippen LogP) is 3.07. The van der Waals surface area contributed by atoms with Crippen molar-refractivity contribution in [3.8, 4) is 0 Å². The number of hydrogen-bond donors (Lipinski definition) is 1. The maximum atomic E-state index is 6.00. The first kappa shape index (κ1) is 13.6. The normalized spacial score (nSPS) is 23.3. The fourth-order valence-corrected chi connectivity index (χ4v) is 3.53. The van der Waals surface area contributed by atoms with E-state index in [-0.39, 0.29) is 0 Å². The number of aromatic nitrogens is 3. The lowest BCUT2D eigenvalue weighted by Gasteiger charge is -2.30. The Morgan fingerprint density at radius 1 is 1.35 bits per heavy atom. The molecule has 0 saturated heterocycles. The molecule has 0 aromatic carbocycles. The zero-order chi connectivity index (χ0) is 13.9. The van der Waals surface area contributed by atoms with E-state index in [4.69, 9.17) is 10.7 Å². The number of aryl methyl sites for hydroxylation is 1. The third kappa shape index (κ3) is 2.33. The van der Waals surface area contributed by atoms with Gasteiger partial charge in [0.25, 0.3) is 0 Å². The minimum absolute atomic E-state index is 0.509. The molecule has 2 heterocycles. The van der Waals surface area contributed by atoms with Gasteiger partial charge in [0, 0.05) is 18.7 Å². The molecule has 20 heavy (non-hydrogen) atoms. The zero-order valence-electron chi connectivity index (χ0n) is 12.3. The molecule has 1 aliphatic rings. The van der Waals surface area contributed by atoms with Crippen molar-refractivity contribution in [2.45, 2.75) is 51.5 Å². The molecule has 0 radical (unpaired) electrons. The molecule has 1 fully saturated rings. The first-order valence-electron chi connectivity index (χ1n) is 7.86. The fraction of sp³-hybridized carbons (Fsp3) is 0.625. The fourth-order valence-electron chi connectivity index (χ4n) is 3.53. The molecule has 2 N–H and O–H groups in total. The Kier molecular flexibility index (Phi) is 4.01. The minimum atomic E-state index is 0.509. The van der Waals surface area contributed by atoms with Crippen LogP contribution in [0.3, 0.4) is 0 Å². The summed E-state index contributed by atoms with van der Waals surface area (Å²) in [4.78, 5) is 9.43. The van der Waals surface area contributed by atoms with E-state index in [9.17, 15) is 0 Å². The van der Waals surface area contributed by atoms with Gasteiger partial charge in [-0.05, 0) is 43.9 Å². The van der Waals surface area contributed by atoms with Crippen LogP contribution in [0.5, 0.6) is 0 Å². The lowest BCUT2D eigenvalue weighted by atomic mass is 9.78. The van der Waals surface area contributed by atoms with Gasteiger partial charge in [0.05, 0.1) is 0 Å². The Morgan fingerprint density at radius 2 is 2.20 bits per heavy atom. The molecule has 0 aliphatic heterocycles. The summed E-state index contributed by atoms with van der Waals surface area (Å²) in [6.45, 7) is 3.98. The monoisotopic (exact) mass is 272 g/mol. The molecule has 108 valence electrons. The van der Waals surface area contributed by atoms with Crippen LogP contribution >= 0.6 is 0 Å². The summed E-state index contributed by atoms with van der Waals surface area (Å²) in [5.74, 6) is 2.31. The van der Waals surface area contributed by atoms with Crippen molar-refractivity contribution in [3.05, 3.63) is 24.2 Å². The minimum Gasteiger partial charge on any atom is -0.330 e. The Labute approximate surface area is 120 Å². The van der Waals surface area contributed by atoms with Crippen LogP contribution in [0.25, 0.3) is 11.2 Å². The number of fused-ring (bicyclic) bond motifs is 1. The number of rotatable bonds is 4. The third-order valence-corrected chi connectivity index (χ3v) is 4.52. The summed E-state index contributed by atoms with van der Waals surface area (Å²) in [5.41, 5.74) is 8.05. The van der Waals surface area contributed by atoms with Gasteiger partial charge < -0.3 is 10.3 Å². The van der Waals surface area contributed by atoms with Gasteiger partial charge >= 0.3 is 0 Å². The number of hydrogen-bond acceptors (Lipinski definition) is 3. The highest BCUT2D eigenvalue weighted by Gasteiger charge is 2.29. The summed E-state index contributed by atoms with van der Waals surface area (Å²) in [7, 11) is 0. The highest BCUT2D eigenvalue weighted by Crippen LogP contribution is 2.37. The number of nitrogens with zero attached hydrogens (tertiary/aromatic N) is 3. The van der Waals surface area contributed by atoms with Gasteiger partial charge in [-0.2, -0.15) is 0 Å². The van der Waals surface area contributed by atoms with Gasteiger partial charge in [0.15, 0.2) is 5.65 Å². The molecule has 2 aromatic heterocycles. The van der Waals surface area contributed by atoms with Gasteiger partial charge in [-0.25, -0.2) is 9.97 Å². The van der Waals surface area contributed by atoms with Crippen LogP contribution in [-0.4, -0.2) is 21.1 Å². The first-order chi connectivity index (χ1) is 9.85. The molecule has 1 saturated carbocycles. The summed E-state index contributed by atoms with van der Waals surface area (Å²) >= 11 is 0. The van der Waals surface area contributed by atoms with Crippen molar-refractivity contribution >= 4 is 11.2 Å². The Balaban J connectivity index is 2.06. The molecular weight excluding hydrogens is 248 g/mol. The lowest BCUT2D eigenvalue weighted by molar-refractivity contribution is 0.298.